The molecule has 0 bridgehead atoms. The number of anilines is 1. The fourth-order valence-corrected chi connectivity index (χ4v) is 3.20. The van der Waals surface area contributed by atoms with Gasteiger partial charge in [-0.25, -0.2) is 4.98 Å². The Labute approximate surface area is 133 Å². The second kappa shape index (κ2) is 7.75. The number of pyridine rings is 1. The average molecular weight is 301 g/mol. The zero-order chi connectivity index (χ0) is 15.2. The maximum absolute atomic E-state index is 5.58. The lowest BCUT2D eigenvalue weighted by Crippen LogP contribution is -2.41. The van der Waals surface area contributed by atoms with Gasteiger partial charge in [0.05, 0.1) is 12.7 Å². The molecule has 0 unspecified atom stereocenters. The van der Waals surface area contributed by atoms with Crippen LogP contribution in [0.25, 0.3) is 0 Å². The zero-order valence-corrected chi connectivity index (χ0v) is 13.5. The Hall–Kier alpha value is -1.39. The summed E-state index contributed by atoms with van der Waals surface area (Å²) in [5, 5.41) is 3.57. The summed E-state index contributed by atoms with van der Waals surface area (Å²) in [6.07, 6.45) is 10.7. The van der Waals surface area contributed by atoms with Gasteiger partial charge in [-0.15, -0.1) is 0 Å². The fraction of sp³-hybridized carbons (Fsp3) is 0.611. The molecule has 2 heterocycles. The van der Waals surface area contributed by atoms with Crippen LogP contribution in [0.3, 0.4) is 0 Å². The smallest absolute Gasteiger partial charge is 0.128 e. The number of hydrogen-bond donors (Lipinski definition) is 1. The predicted molar refractivity (Wildman–Crippen MR) is 90.1 cm³/mol. The molecule has 4 nitrogen and oxygen atoms in total. The van der Waals surface area contributed by atoms with E-state index in [2.05, 4.69) is 46.4 Å². The van der Waals surface area contributed by atoms with Crippen LogP contribution in [-0.2, 0) is 11.3 Å². The fourth-order valence-electron chi connectivity index (χ4n) is 3.20. The highest BCUT2D eigenvalue weighted by atomic mass is 16.5. The Morgan fingerprint density at radius 2 is 2.32 bits per heavy atom. The molecule has 120 valence electrons. The maximum atomic E-state index is 5.58. The van der Waals surface area contributed by atoms with E-state index in [0.29, 0.717) is 6.10 Å². The van der Waals surface area contributed by atoms with E-state index in [1.165, 1.54) is 24.8 Å². The first-order valence-electron chi connectivity index (χ1n) is 8.48. The quantitative estimate of drug-likeness (QED) is 0.849. The molecule has 1 aliphatic heterocycles. The lowest BCUT2D eigenvalue weighted by atomic mass is 9.94. The summed E-state index contributed by atoms with van der Waals surface area (Å²) in [7, 11) is 0. The third-order valence-corrected chi connectivity index (χ3v) is 4.51. The third-order valence-electron chi connectivity index (χ3n) is 4.51. The molecule has 1 aromatic rings. The summed E-state index contributed by atoms with van der Waals surface area (Å²) < 4.78 is 5.58. The molecule has 0 amide bonds. The van der Waals surface area contributed by atoms with Gasteiger partial charge in [0.2, 0.25) is 0 Å². The Morgan fingerprint density at radius 1 is 1.36 bits per heavy atom. The number of rotatable bonds is 5. The van der Waals surface area contributed by atoms with Gasteiger partial charge >= 0.3 is 0 Å². The largest absolute Gasteiger partial charge is 0.375 e. The van der Waals surface area contributed by atoms with Gasteiger partial charge in [0.15, 0.2) is 0 Å². The Bertz CT molecular complexity index is 486. The van der Waals surface area contributed by atoms with Gasteiger partial charge in [0, 0.05) is 25.8 Å². The lowest BCUT2D eigenvalue weighted by molar-refractivity contribution is 0.0529. The SMILES string of the molecule is C[C@H]1CN(c2ccc(CNC[C@H]3CC=CCC3)cn2)CCO1. The number of nitrogens with zero attached hydrogens (tertiary/aromatic N) is 2. The van der Waals surface area contributed by atoms with E-state index >= 15 is 0 Å². The standard InChI is InChI=1S/C18H27N3O/c1-15-14-21(9-10-22-15)18-8-7-17(13-20-18)12-19-11-16-5-3-2-4-6-16/h2-3,7-8,13,15-16,19H,4-6,9-12,14H2,1H3/t15-,16-/m0/s1. The molecular formula is C18H27N3O. The molecule has 2 atom stereocenters. The van der Waals surface area contributed by atoms with Crippen LogP contribution >= 0.6 is 0 Å². The number of aromatic nitrogens is 1. The molecule has 22 heavy (non-hydrogen) atoms. The Kier molecular flexibility index (Phi) is 5.46. The molecule has 4 heteroatoms. The van der Waals surface area contributed by atoms with Crippen molar-refractivity contribution in [1.82, 2.24) is 10.3 Å². The summed E-state index contributed by atoms with van der Waals surface area (Å²) in [4.78, 5) is 6.93. The van der Waals surface area contributed by atoms with E-state index in [1.807, 2.05) is 6.20 Å². The van der Waals surface area contributed by atoms with E-state index in [-0.39, 0.29) is 0 Å². The van der Waals surface area contributed by atoms with E-state index < -0.39 is 0 Å². The molecule has 0 spiro atoms. The summed E-state index contributed by atoms with van der Waals surface area (Å²) in [5.74, 6) is 1.86. The second-order valence-corrected chi connectivity index (χ2v) is 6.43. The van der Waals surface area contributed by atoms with Crippen LogP contribution in [0, 0.1) is 5.92 Å². The Morgan fingerprint density at radius 3 is 3.05 bits per heavy atom. The van der Waals surface area contributed by atoms with E-state index in [0.717, 1.165) is 44.5 Å². The minimum atomic E-state index is 0.293. The van der Waals surface area contributed by atoms with Gasteiger partial charge in [-0.2, -0.15) is 0 Å². The van der Waals surface area contributed by atoms with Crippen molar-refractivity contribution in [3.8, 4) is 0 Å². The second-order valence-electron chi connectivity index (χ2n) is 6.43. The minimum Gasteiger partial charge on any atom is -0.375 e. The van der Waals surface area contributed by atoms with Crippen LogP contribution in [0.5, 0.6) is 0 Å². The van der Waals surface area contributed by atoms with Gasteiger partial charge in [-0.3, -0.25) is 0 Å². The highest BCUT2D eigenvalue weighted by Crippen LogP contribution is 2.18. The average Bonchev–Trinajstić information content (AvgIpc) is 2.56. The monoisotopic (exact) mass is 301 g/mol. The number of ether oxygens (including phenoxy) is 1. The van der Waals surface area contributed by atoms with Crippen LogP contribution in [0.1, 0.15) is 31.7 Å². The molecule has 0 saturated carbocycles. The van der Waals surface area contributed by atoms with Gasteiger partial charge < -0.3 is 15.0 Å². The zero-order valence-electron chi connectivity index (χ0n) is 13.5. The van der Waals surface area contributed by atoms with Crippen molar-refractivity contribution in [3.05, 3.63) is 36.0 Å². The molecule has 0 aromatic carbocycles. The first kappa shape index (κ1) is 15.5. The van der Waals surface area contributed by atoms with Crippen molar-refractivity contribution in [3.63, 3.8) is 0 Å². The normalized spacial score (nSPS) is 25.4. The van der Waals surface area contributed by atoms with E-state index in [9.17, 15) is 0 Å². The van der Waals surface area contributed by atoms with Crippen molar-refractivity contribution < 1.29 is 4.74 Å². The first-order valence-corrected chi connectivity index (χ1v) is 8.48. The number of morpholine rings is 1. The predicted octanol–water partition coefficient (Wildman–Crippen LogP) is 2.75. The van der Waals surface area contributed by atoms with Crippen LogP contribution in [0.15, 0.2) is 30.5 Å². The summed E-state index contributed by atoms with van der Waals surface area (Å²) in [5.41, 5.74) is 1.26. The summed E-state index contributed by atoms with van der Waals surface area (Å²) >= 11 is 0. The van der Waals surface area contributed by atoms with Crippen molar-refractivity contribution in [2.24, 2.45) is 5.92 Å². The topological polar surface area (TPSA) is 37.4 Å². The molecule has 1 fully saturated rings. The van der Waals surface area contributed by atoms with Crippen LogP contribution in [0.4, 0.5) is 5.82 Å². The van der Waals surface area contributed by atoms with Gasteiger partial charge in [0.25, 0.3) is 0 Å². The van der Waals surface area contributed by atoms with Crippen LogP contribution < -0.4 is 10.2 Å². The van der Waals surface area contributed by atoms with Gasteiger partial charge in [0.1, 0.15) is 5.82 Å². The number of hydrogen-bond acceptors (Lipinski definition) is 4. The van der Waals surface area contributed by atoms with Crippen LogP contribution in [-0.4, -0.2) is 37.3 Å². The van der Waals surface area contributed by atoms with Crippen molar-refractivity contribution in [2.45, 2.75) is 38.8 Å². The van der Waals surface area contributed by atoms with Crippen LogP contribution in [0.2, 0.25) is 0 Å². The van der Waals surface area contributed by atoms with Gasteiger partial charge in [-0.1, -0.05) is 18.2 Å². The maximum Gasteiger partial charge on any atom is 0.128 e. The third kappa shape index (κ3) is 4.31. The molecule has 1 aromatic heterocycles. The highest BCUT2D eigenvalue weighted by molar-refractivity contribution is 5.39. The van der Waals surface area contributed by atoms with E-state index in [4.69, 9.17) is 4.74 Å². The molecule has 2 aliphatic rings. The van der Waals surface area contributed by atoms with E-state index in [1.54, 1.807) is 0 Å². The minimum absolute atomic E-state index is 0.293. The Balaban J connectivity index is 1.45. The molecule has 1 aliphatic carbocycles. The first-order chi connectivity index (χ1) is 10.8. The molecule has 0 radical (unpaired) electrons. The molecule has 1 saturated heterocycles. The molecular weight excluding hydrogens is 274 g/mol. The summed E-state index contributed by atoms with van der Waals surface area (Å²) in [6.45, 7) is 6.79. The lowest BCUT2D eigenvalue weighted by Gasteiger charge is -2.32. The number of nitrogens with one attached hydrogen (secondary N) is 1. The highest BCUT2D eigenvalue weighted by Gasteiger charge is 2.17. The summed E-state index contributed by atoms with van der Waals surface area (Å²) in [6, 6.07) is 4.33. The molecule has 3 rings (SSSR count). The van der Waals surface area contributed by atoms with Crippen molar-refractivity contribution in [1.29, 1.82) is 0 Å². The van der Waals surface area contributed by atoms with Crippen molar-refractivity contribution in [2.75, 3.05) is 31.1 Å². The number of allylic oxidation sites excluding steroid dienone is 2. The van der Waals surface area contributed by atoms with Gasteiger partial charge in [-0.05, 0) is 50.3 Å². The van der Waals surface area contributed by atoms with Crippen molar-refractivity contribution >= 4 is 5.82 Å². The molecule has 1 N–H and O–H groups in total.